The second kappa shape index (κ2) is 6.73. The van der Waals surface area contributed by atoms with Gasteiger partial charge in [-0.15, -0.1) is 0 Å². The summed E-state index contributed by atoms with van der Waals surface area (Å²) in [4.78, 5) is 38.7. The molecule has 0 aliphatic heterocycles. The van der Waals surface area contributed by atoms with Gasteiger partial charge in [0.25, 0.3) is 5.69 Å². The lowest BCUT2D eigenvalue weighted by Gasteiger charge is -2.05. The summed E-state index contributed by atoms with van der Waals surface area (Å²) in [5.74, 6) is -0.378. The Hall–Kier alpha value is -3.20. The number of imidazole rings is 1. The van der Waals surface area contributed by atoms with Gasteiger partial charge in [-0.1, -0.05) is 0 Å². The number of anilines is 1. The third-order valence-electron chi connectivity index (χ3n) is 3.39. The maximum absolute atomic E-state index is 12.0. The van der Waals surface area contributed by atoms with Crippen molar-refractivity contribution >= 4 is 50.3 Å². The highest BCUT2D eigenvalue weighted by molar-refractivity contribution is 9.10. The van der Waals surface area contributed by atoms with E-state index in [1.807, 2.05) is 0 Å². The number of nitrogens with zero attached hydrogens (tertiary/aromatic N) is 1. The van der Waals surface area contributed by atoms with E-state index in [1.165, 1.54) is 18.2 Å². The van der Waals surface area contributed by atoms with E-state index in [0.717, 1.165) is 0 Å². The van der Waals surface area contributed by atoms with Crippen molar-refractivity contribution < 1.29 is 9.72 Å². The number of non-ortho nitro benzene ring substituents is 1. The molecule has 0 aliphatic carbocycles. The highest BCUT2D eigenvalue weighted by atomic mass is 79.9. The molecule has 0 atom stereocenters. The molecule has 1 heterocycles. The lowest BCUT2D eigenvalue weighted by molar-refractivity contribution is -0.384. The maximum atomic E-state index is 12.0. The molecule has 25 heavy (non-hydrogen) atoms. The van der Waals surface area contributed by atoms with Crippen LogP contribution in [0.2, 0.25) is 0 Å². The standard InChI is InChI=1S/C16H11BrN4O4/c17-11-7-13-14(20-16(23)19-13)8-12(11)18-15(22)6-3-9-1-4-10(5-2-9)21(24)25/h1-8H,(H,18,22)(H2,19,20,23)/b6-3+. The van der Waals surface area contributed by atoms with Gasteiger partial charge in [0.05, 0.1) is 21.6 Å². The van der Waals surface area contributed by atoms with Crippen LogP contribution in [0.5, 0.6) is 0 Å². The van der Waals surface area contributed by atoms with Gasteiger partial charge in [0, 0.05) is 22.7 Å². The Morgan fingerprint density at radius 3 is 2.44 bits per heavy atom. The minimum Gasteiger partial charge on any atom is -0.321 e. The van der Waals surface area contributed by atoms with Crippen molar-refractivity contribution in [2.24, 2.45) is 0 Å². The van der Waals surface area contributed by atoms with Gasteiger partial charge in [0.15, 0.2) is 0 Å². The summed E-state index contributed by atoms with van der Waals surface area (Å²) in [7, 11) is 0. The predicted octanol–water partition coefficient (Wildman–Crippen LogP) is 3.18. The van der Waals surface area contributed by atoms with E-state index in [1.54, 1.807) is 30.3 Å². The number of amides is 1. The Labute approximate surface area is 148 Å². The largest absolute Gasteiger partial charge is 0.323 e. The van der Waals surface area contributed by atoms with E-state index in [0.29, 0.717) is 26.8 Å². The minimum atomic E-state index is -0.487. The molecule has 0 spiro atoms. The number of nitro benzene ring substituents is 1. The third kappa shape index (κ3) is 3.83. The SMILES string of the molecule is O=C(/C=C/c1ccc([N+](=O)[O-])cc1)Nc1cc2[nH]c(=O)[nH]c2cc1Br. The summed E-state index contributed by atoms with van der Waals surface area (Å²) in [5.41, 5.74) is 2.01. The van der Waals surface area contributed by atoms with Crippen LogP contribution < -0.4 is 11.0 Å². The lowest BCUT2D eigenvalue weighted by Crippen LogP contribution is -2.08. The molecule has 0 bridgehead atoms. The number of nitro groups is 1. The molecule has 8 nitrogen and oxygen atoms in total. The van der Waals surface area contributed by atoms with E-state index in [-0.39, 0.29) is 17.3 Å². The van der Waals surface area contributed by atoms with E-state index in [9.17, 15) is 19.7 Å². The highest BCUT2D eigenvalue weighted by Gasteiger charge is 2.08. The zero-order valence-corrected chi connectivity index (χ0v) is 14.2. The van der Waals surface area contributed by atoms with Crippen LogP contribution in [0.15, 0.2) is 51.7 Å². The summed E-state index contributed by atoms with van der Waals surface area (Å²) < 4.78 is 0.618. The van der Waals surface area contributed by atoms with E-state index in [4.69, 9.17) is 0 Å². The van der Waals surface area contributed by atoms with E-state index in [2.05, 4.69) is 31.2 Å². The first-order chi connectivity index (χ1) is 11.9. The number of carbonyl (C=O) groups is 1. The minimum absolute atomic E-state index is 0.0145. The predicted molar refractivity (Wildman–Crippen MR) is 97.4 cm³/mol. The molecule has 0 saturated carbocycles. The number of rotatable bonds is 4. The van der Waals surface area contributed by atoms with E-state index >= 15 is 0 Å². The van der Waals surface area contributed by atoms with Crippen LogP contribution >= 0.6 is 15.9 Å². The number of hydrogen-bond donors (Lipinski definition) is 3. The van der Waals surface area contributed by atoms with E-state index < -0.39 is 4.92 Å². The topological polar surface area (TPSA) is 121 Å². The fourth-order valence-electron chi connectivity index (χ4n) is 2.21. The normalized spacial score (nSPS) is 11.1. The average molecular weight is 403 g/mol. The number of H-pyrrole nitrogens is 2. The second-order valence-electron chi connectivity index (χ2n) is 5.13. The fourth-order valence-corrected chi connectivity index (χ4v) is 2.65. The van der Waals surface area contributed by atoms with Gasteiger partial charge < -0.3 is 15.3 Å². The van der Waals surface area contributed by atoms with Gasteiger partial charge in [-0.3, -0.25) is 14.9 Å². The second-order valence-corrected chi connectivity index (χ2v) is 5.98. The van der Waals surface area contributed by atoms with Crippen LogP contribution in [0.25, 0.3) is 17.1 Å². The molecule has 1 aromatic heterocycles. The first kappa shape index (κ1) is 16.7. The zero-order chi connectivity index (χ0) is 18.0. The highest BCUT2D eigenvalue weighted by Crippen LogP contribution is 2.26. The number of aromatic amines is 2. The summed E-state index contributed by atoms with van der Waals surface area (Å²) in [5, 5.41) is 13.3. The average Bonchev–Trinajstić information content (AvgIpc) is 2.92. The van der Waals surface area contributed by atoms with Crippen molar-refractivity contribution in [3.8, 4) is 0 Å². The number of aromatic nitrogens is 2. The number of halogens is 1. The summed E-state index contributed by atoms with van der Waals surface area (Å²) >= 11 is 3.33. The molecule has 126 valence electrons. The molecule has 0 saturated heterocycles. The molecule has 9 heteroatoms. The van der Waals surface area contributed by atoms with Crippen LogP contribution in [0, 0.1) is 10.1 Å². The van der Waals surface area contributed by atoms with Gasteiger partial charge >= 0.3 is 5.69 Å². The Bertz CT molecular complexity index is 1050. The molecular weight excluding hydrogens is 392 g/mol. The number of hydrogen-bond acceptors (Lipinski definition) is 4. The number of nitrogens with one attached hydrogen (secondary N) is 3. The van der Waals surface area contributed by atoms with Crippen molar-refractivity contribution in [3.63, 3.8) is 0 Å². The Kier molecular flexibility index (Phi) is 4.48. The smallest absolute Gasteiger partial charge is 0.321 e. The van der Waals surface area contributed by atoms with Crippen molar-refractivity contribution in [3.05, 3.63) is 73.1 Å². The summed E-state index contributed by atoms with van der Waals surface area (Å²) in [6.45, 7) is 0. The molecule has 2 aromatic carbocycles. The molecule has 0 radical (unpaired) electrons. The summed E-state index contributed by atoms with van der Waals surface area (Å²) in [6, 6.07) is 9.15. The van der Waals surface area contributed by atoms with Crippen LogP contribution in [0.3, 0.4) is 0 Å². The van der Waals surface area contributed by atoms with Crippen LogP contribution in [0.4, 0.5) is 11.4 Å². The Morgan fingerprint density at radius 2 is 1.80 bits per heavy atom. The lowest BCUT2D eigenvalue weighted by atomic mass is 10.2. The molecular formula is C16H11BrN4O4. The number of carbonyl (C=O) groups excluding carboxylic acids is 1. The first-order valence-corrected chi connectivity index (χ1v) is 7.87. The maximum Gasteiger partial charge on any atom is 0.323 e. The van der Waals surface area contributed by atoms with Gasteiger partial charge in [-0.05, 0) is 51.8 Å². The monoisotopic (exact) mass is 402 g/mol. The molecule has 3 rings (SSSR count). The van der Waals surface area contributed by atoms with Gasteiger partial charge in [0.1, 0.15) is 0 Å². The molecule has 3 aromatic rings. The molecule has 0 aliphatic rings. The van der Waals surface area contributed by atoms with Gasteiger partial charge in [-0.25, -0.2) is 4.79 Å². The molecule has 0 fully saturated rings. The quantitative estimate of drug-likeness (QED) is 0.352. The third-order valence-corrected chi connectivity index (χ3v) is 4.05. The van der Waals surface area contributed by atoms with Crippen LogP contribution in [-0.2, 0) is 4.79 Å². The Balaban J connectivity index is 1.74. The number of benzene rings is 2. The van der Waals surface area contributed by atoms with Crippen molar-refractivity contribution in [2.45, 2.75) is 0 Å². The fraction of sp³-hybridized carbons (Fsp3) is 0. The van der Waals surface area contributed by atoms with Gasteiger partial charge in [-0.2, -0.15) is 0 Å². The molecule has 3 N–H and O–H groups in total. The van der Waals surface area contributed by atoms with Crippen molar-refractivity contribution in [2.75, 3.05) is 5.32 Å². The van der Waals surface area contributed by atoms with Crippen LogP contribution in [-0.4, -0.2) is 20.8 Å². The zero-order valence-electron chi connectivity index (χ0n) is 12.6. The summed E-state index contributed by atoms with van der Waals surface area (Å²) in [6.07, 6.45) is 2.86. The van der Waals surface area contributed by atoms with Crippen molar-refractivity contribution in [1.82, 2.24) is 9.97 Å². The van der Waals surface area contributed by atoms with Gasteiger partial charge in [0.2, 0.25) is 5.91 Å². The molecule has 1 amide bonds. The molecule has 0 unspecified atom stereocenters. The number of fused-ring (bicyclic) bond motifs is 1. The Morgan fingerprint density at radius 1 is 1.16 bits per heavy atom. The first-order valence-electron chi connectivity index (χ1n) is 7.07. The van der Waals surface area contributed by atoms with Crippen molar-refractivity contribution in [1.29, 1.82) is 0 Å². The van der Waals surface area contributed by atoms with Crippen LogP contribution in [0.1, 0.15) is 5.56 Å².